The van der Waals surface area contributed by atoms with Crippen LogP contribution in [0.25, 0.3) is 21.1 Å². The molecule has 5 aromatic rings. The summed E-state index contributed by atoms with van der Waals surface area (Å²) in [5.41, 5.74) is 1.03. The highest BCUT2D eigenvalue weighted by molar-refractivity contribution is 7.90. The minimum absolute atomic E-state index is 0.196. The van der Waals surface area contributed by atoms with Crippen molar-refractivity contribution in [3.63, 3.8) is 0 Å². The summed E-state index contributed by atoms with van der Waals surface area (Å²) in [4.78, 5) is 1.81. The summed E-state index contributed by atoms with van der Waals surface area (Å²) < 4.78 is 55.1. The molecule has 0 aliphatic rings. The van der Waals surface area contributed by atoms with E-state index < -0.39 is 20.0 Å². The van der Waals surface area contributed by atoms with Gasteiger partial charge >= 0.3 is 0 Å². The zero-order valence-electron chi connectivity index (χ0n) is 17.1. The first-order chi connectivity index (χ1) is 15.9. The van der Waals surface area contributed by atoms with Crippen molar-refractivity contribution in [2.24, 2.45) is 0 Å². The van der Waals surface area contributed by atoms with Gasteiger partial charge in [0.1, 0.15) is 0 Å². The molecule has 0 aliphatic carbocycles. The van der Waals surface area contributed by atoms with Crippen LogP contribution in [0.1, 0.15) is 0 Å². The zero-order chi connectivity index (χ0) is 23.1. The fraction of sp³-hybridized carbons (Fsp3) is 0. The number of hydrogen-bond donors (Lipinski definition) is 0. The Kier molecular flexibility index (Phi) is 5.32. The summed E-state index contributed by atoms with van der Waals surface area (Å²) >= 11 is 1.33. The van der Waals surface area contributed by atoms with E-state index in [1.807, 2.05) is 0 Å². The van der Waals surface area contributed by atoms with Crippen LogP contribution in [0.3, 0.4) is 0 Å². The molecule has 9 heteroatoms. The molecule has 0 saturated heterocycles. The van der Waals surface area contributed by atoms with Crippen molar-refractivity contribution in [2.45, 2.75) is 9.79 Å². The Morgan fingerprint density at radius 1 is 0.485 bits per heavy atom. The molecule has 2 aromatic carbocycles. The molecule has 0 amide bonds. The van der Waals surface area contributed by atoms with Gasteiger partial charge in [-0.05, 0) is 60.7 Å². The lowest BCUT2D eigenvalue weighted by Gasteiger charge is -2.10. The van der Waals surface area contributed by atoms with Gasteiger partial charge in [0.15, 0.2) is 0 Å². The molecule has 0 unspecified atom stereocenters. The number of nitrogens with zero attached hydrogens (tertiary/aromatic N) is 2. The van der Waals surface area contributed by atoms with Crippen LogP contribution in [0, 0.1) is 0 Å². The van der Waals surface area contributed by atoms with E-state index in [0.29, 0.717) is 21.1 Å². The summed E-state index contributed by atoms with van der Waals surface area (Å²) in [6.45, 7) is 0. The van der Waals surface area contributed by atoms with Crippen molar-refractivity contribution in [1.82, 2.24) is 7.94 Å². The second-order valence-corrected chi connectivity index (χ2v) is 11.9. The molecule has 0 bridgehead atoms. The van der Waals surface area contributed by atoms with E-state index >= 15 is 0 Å². The average molecular weight is 495 g/mol. The standard InChI is InChI=1S/C24H18N2O4S3/c27-32(28,19-9-3-1-4-10-19)25-17-7-13-21(25)23-15-16-24(31-23)22-14-8-18-26(22)33(29,30)20-11-5-2-6-12-20/h1-18H. The molecule has 0 N–H and O–H groups in total. The first-order valence-corrected chi connectivity index (χ1v) is 13.7. The summed E-state index contributed by atoms with van der Waals surface area (Å²) in [6.07, 6.45) is 3.03. The normalized spacial score (nSPS) is 12.1. The van der Waals surface area contributed by atoms with Crippen LogP contribution >= 0.6 is 11.3 Å². The van der Waals surface area contributed by atoms with Gasteiger partial charge < -0.3 is 0 Å². The number of thiophene rings is 1. The van der Waals surface area contributed by atoms with Crippen molar-refractivity contribution in [1.29, 1.82) is 0 Å². The molecule has 166 valence electrons. The third-order valence-electron chi connectivity index (χ3n) is 5.14. The van der Waals surface area contributed by atoms with Gasteiger partial charge in [-0.15, -0.1) is 11.3 Å². The van der Waals surface area contributed by atoms with E-state index in [2.05, 4.69) is 0 Å². The smallest absolute Gasteiger partial charge is 0.240 e. The fourth-order valence-corrected chi connectivity index (χ4v) is 7.48. The summed E-state index contributed by atoms with van der Waals surface area (Å²) in [5, 5.41) is 0. The first kappa shape index (κ1) is 21.4. The van der Waals surface area contributed by atoms with Crippen LogP contribution in [0.5, 0.6) is 0 Å². The SMILES string of the molecule is O=S(=O)(c1ccccc1)n1cccc1-c1ccc(-c2cccn2S(=O)(=O)c2ccccc2)s1. The molecular weight excluding hydrogens is 476 g/mol. The lowest BCUT2D eigenvalue weighted by atomic mass is 10.3. The molecule has 0 aliphatic heterocycles. The van der Waals surface area contributed by atoms with Crippen LogP contribution in [0.4, 0.5) is 0 Å². The monoisotopic (exact) mass is 494 g/mol. The van der Waals surface area contributed by atoms with Crippen LogP contribution in [0.15, 0.2) is 119 Å². The molecule has 6 nitrogen and oxygen atoms in total. The van der Waals surface area contributed by atoms with Crippen LogP contribution in [0.2, 0.25) is 0 Å². The van der Waals surface area contributed by atoms with Crippen molar-refractivity contribution in [3.8, 4) is 21.1 Å². The summed E-state index contributed by atoms with van der Waals surface area (Å²) in [5.74, 6) is 0. The van der Waals surface area contributed by atoms with E-state index in [0.717, 1.165) is 0 Å². The quantitative estimate of drug-likeness (QED) is 0.327. The lowest BCUT2D eigenvalue weighted by Crippen LogP contribution is -2.12. The molecule has 0 radical (unpaired) electrons. The highest BCUT2D eigenvalue weighted by atomic mass is 32.2. The zero-order valence-corrected chi connectivity index (χ0v) is 19.6. The Hall–Kier alpha value is -3.40. The maximum atomic E-state index is 13.2. The second-order valence-electron chi connectivity index (χ2n) is 7.18. The molecule has 3 aromatic heterocycles. The van der Waals surface area contributed by atoms with E-state index in [1.165, 1.54) is 31.7 Å². The third-order valence-corrected chi connectivity index (χ3v) is 9.68. The lowest BCUT2D eigenvalue weighted by molar-refractivity contribution is 0.586. The molecule has 0 saturated carbocycles. The summed E-state index contributed by atoms with van der Waals surface area (Å²) in [7, 11) is -7.53. The Morgan fingerprint density at radius 3 is 1.27 bits per heavy atom. The number of rotatable bonds is 6. The van der Waals surface area contributed by atoms with E-state index in [1.54, 1.807) is 97.1 Å². The first-order valence-electron chi connectivity index (χ1n) is 9.95. The predicted octanol–water partition coefficient (Wildman–Crippen LogP) is 5.16. The van der Waals surface area contributed by atoms with Gasteiger partial charge in [0.25, 0.3) is 20.0 Å². The largest absolute Gasteiger partial charge is 0.268 e. The van der Waals surface area contributed by atoms with Crippen molar-refractivity contribution in [3.05, 3.63) is 109 Å². The van der Waals surface area contributed by atoms with Crippen LogP contribution in [-0.2, 0) is 20.0 Å². The molecule has 0 atom stereocenters. The average Bonchev–Trinajstić information content (AvgIpc) is 3.60. The van der Waals surface area contributed by atoms with Crippen molar-refractivity contribution >= 4 is 31.4 Å². The maximum absolute atomic E-state index is 13.2. The molecule has 0 spiro atoms. The van der Waals surface area contributed by atoms with Crippen molar-refractivity contribution < 1.29 is 16.8 Å². The van der Waals surface area contributed by atoms with Gasteiger partial charge in [-0.25, -0.2) is 24.8 Å². The number of aromatic nitrogens is 2. The molecule has 3 heterocycles. The van der Waals surface area contributed by atoms with E-state index in [9.17, 15) is 16.8 Å². The Bertz CT molecular complexity index is 1510. The second kappa shape index (κ2) is 8.18. The Labute approximate surface area is 196 Å². The summed E-state index contributed by atoms with van der Waals surface area (Å²) in [6, 6.07) is 26.9. The van der Waals surface area contributed by atoms with Crippen molar-refractivity contribution in [2.75, 3.05) is 0 Å². The molecular formula is C24H18N2O4S3. The molecule has 33 heavy (non-hydrogen) atoms. The Morgan fingerprint density at radius 2 is 0.879 bits per heavy atom. The third kappa shape index (κ3) is 3.74. The fourth-order valence-electron chi connectivity index (χ4n) is 3.56. The predicted molar refractivity (Wildman–Crippen MR) is 129 cm³/mol. The van der Waals surface area contributed by atoms with Gasteiger partial charge in [0.05, 0.1) is 30.9 Å². The van der Waals surface area contributed by atoms with Gasteiger partial charge in [-0.1, -0.05) is 36.4 Å². The highest BCUT2D eigenvalue weighted by Crippen LogP contribution is 2.37. The van der Waals surface area contributed by atoms with Crippen LogP contribution < -0.4 is 0 Å². The number of benzene rings is 2. The highest BCUT2D eigenvalue weighted by Gasteiger charge is 2.23. The topological polar surface area (TPSA) is 78.1 Å². The minimum atomic E-state index is -3.76. The maximum Gasteiger partial charge on any atom is 0.268 e. The molecule has 0 fully saturated rings. The Balaban J connectivity index is 1.56. The molecule has 5 rings (SSSR count). The van der Waals surface area contributed by atoms with Gasteiger partial charge in [0.2, 0.25) is 0 Å². The van der Waals surface area contributed by atoms with E-state index in [4.69, 9.17) is 0 Å². The van der Waals surface area contributed by atoms with E-state index in [-0.39, 0.29) is 9.79 Å². The number of hydrogen-bond acceptors (Lipinski definition) is 5. The minimum Gasteiger partial charge on any atom is -0.240 e. The van der Waals surface area contributed by atoms with Gasteiger partial charge in [-0.3, -0.25) is 0 Å². The van der Waals surface area contributed by atoms with Gasteiger partial charge in [0, 0.05) is 12.4 Å². The van der Waals surface area contributed by atoms with Crippen LogP contribution in [-0.4, -0.2) is 24.8 Å². The van der Waals surface area contributed by atoms with Gasteiger partial charge in [-0.2, -0.15) is 0 Å².